The highest BCUT2D eigenvalue weighted by Gasteiger charge is 2.32. The number of methoxy groups -OCH3 is 1. The Labute approximate surface area is 156 Å². The van der Waals surface area contributed by atoms with Crippen molar-refractivity contribution in [2.45, 2.75) is 37.2 Å². The van der Waals surface area contributed by atoms with Crippen molar-refractivity contribution >= 4 is 10.0 Å². The summed E-state index contributed by atoms with van der Waals surface area (Å²) < 4.78 is 49.0. The first-order chi connectivity index (χ1) is 12.9. The summed E-state index contributed by atoms with van der Waals surface area (Å²) >= 11 is 0. The Balaban J connectivity index is 1.59. The zero-order chi connectivity index (χ0) is 19.2. The van der Waals surface area contributed by atoms with Crippen LogP contribution in [0.3, 0.4) is 0 Å². The van der Waals surface area contributed by atoms with E-state index < -0.39 is 15.8 Å². The first-order valence-electron chi connectivity index (χ1n) is 8.90. The second-order valence-electron chi connectivity index (χ2n) is 6.93. The van der Waals surface area contributed by atoms with E-state index in [1.165, 1.54) is 22.2 Å². The van der Waals surface area contributed by atoms with E-state index in [0.717, 1.165) is 25.0 Å². The number of hydrogen-bond acceptors (Lipinski definition) is 5. The van der Waals surface area contributed by atoms with Crippen molar-refractivity contribution in [3.05, 3.63) is 40.3 Å². The van der Waals surface area contributed by atoms with Gasteiger partial charge in [-0.15, -0.1) is 0 Å². The Bertz CT molecular complexity index is 1030. The number of rotatable bonds is 5. The average molecular weight is 396 g/mol. The van der Waals surface area contributed by atoms with Crippen LogP contribution in [-0.4, -0.2) is 47.3 Å². The van der Waals surface area contributed by atoms with Crippen LogP contribution in [0.15, 0.2) is 27.9 Å². The highest BCUT2D eigenvalue weighted by atomic mass is 32.2. The zero-order valence-electron chi connectivity index (χ0n) is 15.0. The quantitative estimate of drug-likeness (QED) is 0.748. The van der Waals surface area contributed by atoms with Crippen LogP contribution in [-0.2, 0) is 29.5 Å². The van der Waals surface area contributed by atoms with Gasteiger partial charge in [0.15, 0.2) is 0 Å². The third kappa shape index (κ3) is 3.39. The second kappa shape index (κ2) is 6.75. The lowest BCUT2D eigenvalue weighted by molar-refractivity contribution is 0.386. The van der Waals surface area contributed by atoms with Crippen molar-refractivity contribution in [3.63, 3.8) is 0 Å². The van der Waals surface area contributed by atoms with Gasteiger partial charge in [0.1, 0.15) is 22.3 Å². The van der Waals surface area contributed by atoms with Gasteiger partial charge in [0.2, 0.25) is 10.0 Å². The molecule has 0 bridgehead atoms. The molecule has 1 aromatic carbocycles. The van der Waals surface area contributed by atoms with Crippen molar-refractivity contribution in [2.75, 3.05) is 20.2 Å². The number of nitrogens with zero attached hydrogens (tertiary/aromatic N) is 4. The van der Waals surface area contributed by atoms with E-state index in [2.05, 4.69) is 5.10 Å². The zero-order valence-corrected chi connectivity index (χ0v) is 15.8. The van der Waals surface area contributed by atoms with Crippen LogP contribution in [0.1, 0.15) is 18.7 Å². The minimum atomic E-state index is -3.96. The second-order valence-corrected chi connectivity index (χ2v) is 8.83. The van der Waals surface area contributed by atoms with Gasteiger partial charge >= 0.3 is 5.69 Å². The first kappa shape index (κ1) is 18.2. The fourth-order valence-corrected chi connectivity index (χ4v) is 4.94. The third-order valence-corrected chi connectivity index (χ3v) is 6.95. The molecule has 2 heterocycles. The Hall–Kier alpha value is -2.20. The maximum Gasteiger partial charge on any atom is 0.345 e. The summed E-state index contributed by atoms with van der Waals surface area (Å²) in [6.45, 7) is 1.13. The largest absolute Gasteiger partial charge is 0.495 e. The molecule has 8 nitrogen and oxygen atoms in total. The minimum absolute atomic E-state index is 0.0881. The Morgan fingerprint density at radius 2 is 2.04 bits per heavy atom. The van der Waals surface area contributed by atoms with Crippen LogP contribution < -0.4 is 10.4 Å². The SMILES string of the molecule is COc1ccc(F)cc1S(=O)(=O)N1CCc2nn(CC3CC3)c(=O)n2CC1. The fraction of sp³-hybridized carbons (Fsp3) is 0.529. The summed E-state index contributed by atoms with van der Waals surface area (Å²) in [4.78, 5) is 12.3. The molecule has 2 aromatic rings. The van der Waals surface area contributed by atoms with E-state index >= 15 is 0 Å². The molecule has 27 heavy (non-hydrogen) atoms. The van der Waals surface area contributed by atoms with Gasteiger partial charge in [-0.1, -0.05) is 0 Å². The lowest BCUT2D eigenvalue weighted by atomic mass is 10.3. The molecule has 0 radical (unpaired) electrons. The molecule has 10 heteroatoms. The average Bonchev–Trinajstić information content (AvgIpc) is 3.43. The van der Waals surface area contributed by atoms with E-state index in [4.69, 9.17) is 4.74 Å². The van der Waals surface area contributed by atoms with Crippen LogP contribution in [0, 0.1) is 11.7 Å². The summed E-state index contributed by atoms with van der Waals surface area (Å²) in [6, 6.07) is 3.40. The molecular weight excluding hydrogens is 375 g/mol. The number of ether oxygens (including phenoxy) is 1. The molecule has 0 spiro atoms. The minimum Gasteiger partial charge on any atom is -0.495 e. The van der Waals surface area contributed by atoms with E-state index in [1.54, 1.807) is 4.57 Å². The lowest BCUT2D eigenvalue weighted by Crippen LogP contribution is -2.35. The number of halogens is 1. The molecule has 0 unspecified atom stereocenters. The lowest BCUT2D eigenvalue weighted by Gasteiger charge is -2.21. The molecule has 0 atom stereocenters. The van der Waals surface area contributed by atoms with E-state index in [9.17, 15) is 17.6 Å². The van der Waals surface area contributed by atoms with Crippen molar-refractivity contribution in [3.8, 4) is 5.75 Å². The van der Waals surface area contributed by atoms with Gasteiger partial charge in [-0.3, -0.25) is 4.57 Å². The van der Waals surface area contributed by atoms with E-state index in [-0.39, 0.29) is 36.0 Å². The highest BCUT2D eigenvalue weighted by Crippen LogP contribution is 2.30. The number of hydrogen-bond donors (Lipinski definition) is 0. The third-order valence-electron chi connectivity index (χ3n) is 5.03. The first-order valence-corrected chi connectivity index (χ1v) is 10.3. The Kier molecular flexibility index (Phi) is 4.55. The molecule has 4 rings (SSSR count). The normalized spacial score (nSPS) is 18.1. The van der Waals surface area contributed by atoms with E-state index in [0.29, 0.717) is 24.7 Å². The van der Waals surface area contributed by atoms with Gasteiger partial charge in [0, 0.05) is 32.6 Å². The molecule has 146 valence electrons. The van der Waals surface area contributed by atoms with Crippen LogP contribution in [0.2, 0.25) is 0 Å². The summed E-state index contributed by atoms with van der Waals surface area (Å²) in [6.07, 6.45) is 2.57. The monoisotopic (exact) mass is 396 g/mol. The molecule has 1 aliphatic heterocycles. The molecular formula is C17H21FN4O4S. The van der Waals surface area contributed by atoms with Crippen LogP contribution in [0.25, 0.3) is 0 Å². The van der Waals surface area contributed by atoms with Gasteiger partial charge < -0.3 is 4.74 Å². The molecule has 0 N–H and O–H groups in total. The predicted molar refractivity (Wildman–Crippen MR) is 94.6 cm³/mol. The number of sulfonamides is 1. The number of fused-ring (bicyclic) bond motifs is 1. The molecule has 1 aromatic heterocycles. The summed E-state index contributed by atoms with van der Waals surface area (Å²) in [5, 5.41) is 4.39. The molecule has 0 amide bonds. The highest BCUT2D eigenvalue weighted by molar-refractivity contribution is 7.89. The van der Waals surface area contributed by atoms with Crippen molar-refractivity contribution in [1.29, 1.82) is 0 Å². The number of benzene rings is 1. The van der Waals surface area contributed by atoms with Crippen LogP contribution >= 0.6 is 0 Å². The maximum absolute atomic E-state index is 13.6. The molecule has 0 saturated heterocycles. The van der Waals surface area contributed by atoms with Crippen LogP contribution in [0.5, 0.6) is 5.75 Å². The van der Waals surface area contributed by atoms with E-state index in [1.807, 2.05) is 0 Å². The van der Waals surface area contributed by atoms with Gasteiger partial charge in [0.25, 0.3) is 0 Å². The van der Waals surface area contributed by atoms with Gasteiger partial charge in [0.05, 0.1) is 7.11 Å². The molecule has 1 aliphatic carbocycles. The van der Waals surface area contributed by atoms with Crippen molar-refractivity contribution in [1.82, 2.24) is 18.7 Å². The van der Waals surface area contributed by atoms with Gasteiger partial charge in [-0.05, 0) is 37.0 Å². The van der Waals surface area contributed by atoms with Gasteiger partial charge in [-0.25, -0.2) is 22.3 Å². The summed E-state index contributed by atoms with van der Waals surface area (Å²) in [7, 11) is -2.62. The van der Waals surface area contributed by atoms with Crippen molar-refractivity contribution < 1.29 is 17.5 Å². The Morgan fingerprint density at radius 3 is 2.74 bits per heavy atom. The summed E-state index contributed by atoms with van der Waals surface area (Å²) in [5.41, 5.74) is -0.195. The topological polar surface area (TPSA) is 86.4 Å². The fourth-order valence-electron chi connectivity index (χ4n) is 3.34. The Morgan fingerprint density at radius 1 is 1.26 bits per heavy atom. The van der Waals surface area contributed by atoms with Gasteiger partial charge in [-0.2, -0.15) is 9.40 Å². The standard InChI is InChI=1S/C17H21FN4O4S/c1-26-14-5-4-13(18)10-15(14)27(24,25)20-7-6-16-19-22(11-12-2-3-12)17(23)21(16)9-8-20/h4-5,10,12H,2-3,6-9,11H2,1H3. The van der Waals surface area contributed by atoms with Crippen LogP contribution in [0.4, 0.5) is 4.39 Å². The predicted octanol–water partition coefficient (Wildman–Crippen LogP) is 0.849. The number of aromatic nitrogens is 3. The molecule has 1 fully saturated rings. The van der Waals surface area contributed by atoms with Crippen molar-refractivity contribution in [2.24, 2.45) is 5.92 Å². The summed E-state index contributed by atoms with van der Waals surface area (Å²) in [5.74, 6) is 0.550. The maximum atomic E-state index is 13.6. The molecule has 2 aliphatic rings. The smallest absolute Gasteiger partial charge is 0.345 e. The molecule has 1 saturated carbocycles.